The maximum absolute atomic E-state index is 12.4. The number of carbonyl (C=O) groups is 1. The summed E-state index contributed by atoms with van der Waals surface area (Å²) in [6, 6.07) is 0.649. The third-order valence-electron chi connectivity index (χ3n) is 4.65. The molecule has 0 aromatic carbocycles. The van der Waals surface area contributed by atoms with Crippen LogP contribution in [0.4, 0.5) is 0 Å². The molecule has 0 bridgehead atoms. The third-order valence-corrected chi connectivity index (χ3v) is 4.65. The molecule has 3 heteroatoms. The molecule has 1 saturated carbocycles. The molecular weight excluding hydrogens is 245 g/mol. The molecule has 1 fully saturated rings. The summed E-state index contributed by atoms with van der Waals surface area (Å²) in [5.41, 5.74) is 1.36. The van der Waals surface area contributed by atoms with Crippen molar-refractivity contribution in [3.63, 3.8) is 0 Å². The van der Waals surface area contributed by atoms with Crippen LogP contribution in [-0.4, -0.2) is 30.7 Å². The molecule has 0 saturated heterocycles. The largest absolute Gasteiger partial charge is 0.337 e. The van der Waals surface area contributed by atoms with Gasteiger partial charge in [-0.2, -0.15) is 0 Å². The fourth-order valence-electron chi connectivity index (χ4n) is 3.68. The zero-order valence-corrected chi connectivity index (χ0v) is 14.5. The fourth-order valence-corrected chi connectivity index (χ4v) is 3.68. The Morgan fingerprint density at radius 3 is 2.50 bits per heavy atom. The van der Waals surface area contributed by atoms with E-state index in [0.29, 0.717) is 24.3 Å². The molecule has 2 nitrogen and oxygen atoms in total. The van der Waals surface area contributed by atoms with Crippen molar-refractivity contribution < 1.29 is 4.79 Å². The molecule has 0 heterocycles. The highest BCUT2D eigenvalue weighted by atomic mass is 16.2. The van der Waals surface area contributed by atoms with Gasteiger partial charge in [-0.1, -0.05) is 43.7 Å². The summed E-state index contributed by atoms with van der Waals surface area (Å²) in [4.78, 5) is 14.6. The second kappa shape index (κ2) is 6.82. The molecule has 0 radical (unpaired) electrons. The molecule has 3 unspecified atom stereocenters. The van der Waals surface area contributed by atoms with Crippen LogP contribution in [-0.2, 0) is 4.79 Å². The molecule has 1 aliphatic rings. The highest BCUT2D eigenvalue weighted by Crippen LogP contribution is 2.47. The minimum atomic E-state index is 0.279. The Labute approximate surface area is 126 Å². The molecule has 1 rings (SSSR count). The van der Waals surface area contributed by atoms with Gasteiger partial charge in [0.15, 0.2) is 0 Å². The number of hydrogen-bond donors (Lipinski definition) is 0. The molecule has 3 atom stereocenters. The average Bonchev–Trinajstić information content (AvgIpc) is 2.32. The van der Waals surface area contributed by atoms with Crippen molar-refractivity contribution in [1.82, 2.24) is 4.90 Å². The van der Waals surface area contributed by atoms with E-state index in [1.807, 2.05) is 6.92 Å². The maximum atomic E-state index is 12.4. The number of hydrogen-bond acceptors (Lipinski definition) is 1. The quantitative estimate of drug-likeness (QED) is 0.568. The Kier molecular flexibility index (Phi) is 5.91. The number of nitrogens with zero attached hydrogens (tertiary/aromatic N) is 1. The van der Waals surface area contributed by atoms with Gasteiger partial charge in [-0.3, -0.25) is 4.79 Å². The minimum absolute atomic E-state index is 0.279. The Hall–Kier alpha value is -0.725. The van der Waals surface area contributed by atoms with Gasteiger partial charge < -0.3 is 4.90 Å². The average molecular weight is 277 g/mol. The van der Waals surface area contributed by atoms with Gasteiger partial charge in [0.2, 0.25) is 5.91 Å². The van der Waals surface area contributed by atoms with Gasteiger partial charge in [-0.15, -0.1) is 0 Å². The van der Waals surface area contributed by atoms with Crippen molar-refractivity contribution in [1.29, 1.82) is 0 Å². The zero-order valence-electron chi connectivity index (χ0n) is 14.5. The lowest BCUT2D eigenvalue weighted by Gasteiger charge is -2.49. The van der Waals surface area contributed by atoms with E-state index < -0.39 is 0 Å². The molecule has 1 aliphatic carbocycles. The van der Waals surface area contributed by atoms with Gasteiger partial charge in [0.25, 0.3) is 0 Å². The summed E-state index contributed by atoms with van der Waals surface area (Å²) in [6.07, 6.45) is 6.63. The normalized spacial score (nSPS) is 30.1. The Balaban J connectivity index is 3.15. The van der Waals surface area contributed by atoms with Crippen LogP contribution in [0.5, 0.6) is 0 Å². The molecule has 20 heavy (non-hydrogen) atoms. The smallest absolute Gasteiger partial charge is 0.222 e. The van der Waals surface area contributed by atoms with Crippen molar-refractivity contribution in [3.8, 4) is 0 Å². The molecule has 0 N–H and O–H groups in total. The number of amides is 1. The lowest BCUT2D eigenvalue weighted by atomic mass is 9.53. The first-order valence-electron chi connectivity index (χ1n) is 8.17. The van der Waals surface area contributed by atoms with Crippen LogP contribution in [0, 0.1) is 5.92 Å². The highest BCUT2D eigenvalue weighted by Gasteiger charge is 2.41. The van der Waals surface area contributed by atoms with E-state index in [4.69, 9.17) is 0 Å². The molecule has 114 valence electrons. The molecular formula is C17H32BNO. The zero-order chi connectivity index (χ0) is 15.5. The SMILES string of the molecule is BC1(C)CCCC(N(C(=O)CC)C(C)C)C1C=C(C)C. The summed E-state index contributed by atoms with van der Waals surface area (Å²) in [5, 5.41) is 0.279. The molecule has 1 amide bonds. The molecule has 0 aromatic rings. The molecule has 0 aromatic heterocycles. The number of carbonyl (C=O) groups excluding carboxylic acids is 1. The summed E-state index contributed by atoms with van der Waals surface area (Å²) < 4.78 is 0. The second-order valence-corrected chi connectivity index (χ2v) is 7.47. The Morgan fingerprint density at radius 1 is 1.45 bits per heavy atom. The first kappa shape index (κ1) is 17.3. The van der Waals surface area contributed by atoms with E-state index in [9.17, 15) is 4.79 Å². The van der Waals surface area contributed by atoms with E-state index >= 15 is 0 Å². The molecule has 0 spiro atoms. The van der Waals surface area contributed by atoms with E-state index in [1.54, 1.807) is 0 Å². The first-order chi connectivity index (χ1) is 9.20. The van der Waals surface area contributed by atoms with Gasteiger partial charge in [0.05, 0.1) is 0 Å². The summed E-state index contributed by atoms with van der Waals surface area (Å²) >= 11 is 0. The van der Waals surface area contributed by atoms with Crippen molar-refractivity contribution >= 4 is 13.8 Å². The van der Waals surface area contributed by atoms with Crippen molar-refractivity contribution in [3.05, 3.63) is 11.6 Å². The van der Waals surface area contributed by atoms with Gasteiger partial charge in [-0.05, 0) is 40.0 Å². The predicted molar refractivity (Wildman–Crippen MR) is 89.7 cm³/mol. The van der Waals surface area contributed by atoms with Crippen molar-refractivity contribution in [2.75, 3.05) is 0 Å². The predicted octanol–water partition coefficient (Wildman–Crippen LogP) is 3.58. The van der Waals surface area contributed by atoms with Crippen molar-refractivity contribution in [2.24, 2.45) is 5.92 Å². The van der Waals surface area contributed by atoms with Crippen LogP contribution >= 0.6 is 0 Å². The van der Waals surface area contributed by atoms with E-state index in [0.717, 1.165) is 6.42 Å². The lowest BCUT2D eigenvalue weighted by molar-refractivity contribution is -0.137. The van der Waals surface area contributed by atoms with Crippen LogP contribution in [0.15, 0.2) is 11.6 Å². The van der Waals surface area contributed by atoms with E-state index in [2.05, 4.69) is 53.4 Å². The van der Waals surface area contributed by atoms with Gasteiger partial charge >= 0.3 is 0 Å². The lowest BCUT2D eigenvalue weighted by Crippen LogP contribution is -2.52. The third kappa shape index (κ3) is 3.89. The maximum Gasteiger partial charge on any atom is 0.222 e. The topological polar surface area (TPSA) is 20.3 Å². The van der Waals surface area contributed by atoms with Crippen molar-refractivity contribution in [2.45, 2.75) is 84.6 Å². The summed E-state index contributed by atoms with van der Waals surface area (Å²) in [6.45, 7) is 13.0. The minimum Gasteiger partial charge on any atom is -0.337 e. The summed E-state index contributed by atoms with van der Waals surface area (Å²) in [5.74, 6) is 0.772. The van der Waals surface area contributed by atoms with Gasteiger partial charge in [-0.25, -0.2) is 0 Å². The Bertz CT molecular complexity index is 369. The number of rotatable bonds is 4. The highest BCUT2D eigenvalue weighted by molar-refractivity contribution is 6.15. The Morgan fingerprint density at radius 2 is 2.05 bits per heavy atom. The first-order valence-corrected chi connectivity index (χ1v) is 8.17. The van der Waals surface area contributed by atoms with E-state index in [-0.39, 0.29) is 11.4 Å². The van der Waals surface area contributed by atoms with Crippen LogP contribution < -0.4 is 0 Å². The van der Waals surface area contributed by atoms with Gasteiger partial charge in [0.1, 0.15) is 7.85 Å². The number of allylic oxidation sites excluding steroid dienone is 1. The summed E-state index contributed by atoms with van der Waals surface area (Å²) in [7, 11) is 2.36. The van der Waals surface area contributed by atoms with Crippen LogP contribution in [0.2, 0.25) is 5.31 Å². The second-order valence-electron chi connectivity index (χ2n) is 7.47. The standard InChI is InChI=1S/C17H32BNO/c1-7-16(20)19(13(4)5)15-9-8-10-17(6,18)14(15)11-12(2)3/h11,13-15H,7-10,18H2,1-6H3. The van der Waals surface area contributed by atoms with Crippen LogP contribution in [0.1, 0.15) is 67.2 Å². The van der Waals surface area contributed by atoms with Crippen LogP contribution in [0.3, 0.4) is 0 Å². The monoisotopic (exact) mass is 277 g/mol. The fraction of sp³-hybridized carbons (Fsp3) is 0.824. The van der Waals surface area contributed by atoms with Crippen LogP contribution in [0.25, 0.3) is 0 Å². The molecule has 0 aliphatic heterocycles. The van der Waals surface area contributed by atoms with Gasteiger partial charge in [0, 0.05) is 18.5 Å². The van der Waals surface area contributed by atoms with E-state index in [1.165, 1.54) is 18.4 Å².